The van der Waals surface area contributed by atoms with Gasteiger partial charge in [0.15, 0.2) is 16.0 Å². The van der Waals surface area contributed by atoms with Gasteiger partial charge < -0.3 is 5.32 Å². The molecule has 3 aliphatic rings. The van der Waals surface area contributed by atoms with Crippen LogP contribution in [0.5, 0.6) is 0 Å². The van der Waals surface area contributed by atoms with Gasteiger partial charge in [-0.3, -0.25) is 14.6 Å². The van der Waals surface area contributed by atoms with Crippen molar-refractivity contribution in [1.82, 2.24) is 10.2 Å². The predicted molar refractivity (Wildman–Crippen MR) is 191 cm³/mol. The van der Waals surface area contributed by atoms with Crippen molar-refractivity contribution >= 4 is 73.8 Å². The highest BCUT2D eigenvalue weighted by Crippen LogP contribution is 2.43. The molecule has 270 valence electrons. The molecule has 8 nitrogen and oxygen atoms in total. The number of hydrogen-bond acceptors (Lipinski definition) is 7. The molecule has 0 unspecified atom stereocenters. The van der Waals surface area contributed by atoms with Crippen LogP contribution < -0.4 is 10.2 Å². The quantitative estimate of drug-likeness (QED) is 0.211. The van der Waals surface area contributed by atoms with E-state index >= 15 is 0 Å². The molecule has 2 saturated heterocycles. The van der Waals surface area contributed by atoms with Crippen LogP contribution in [0, 0.1) is 0 Å². The highest BCUT2D eigenvalue weighted by atomic mass is 35.5. The molecule has 17 heteroatoms. The van der Waals surface area contributed by atoms with Gasteiger partial charge in [-0.05, 0) is 73.5 Å². The van der Waals surface area contributed by atoms with Crippen LogP contribution in [-0.2, 0) is 0 Å². The zero-order valence-corrected chi connectivity index (χ0v) is 29.3. The van der Waals surface area contributed by atoms with E-state index in [-0.39, 0.29) is 39.5 Å². The van der Waals surface area contributed by atoms with Gasteiger partial charge in [0.2, 0.25) is 0 Å². The SMILES string of the molecule is C[C@H]1[C@H](c2ccc(Cl)cc2)SC(=O)N1C(=O)NC1CCCCC1.FC(F)(F)/N=C1\S/C(=N\c2ccccc2)N(c2ccccc2)\C1=N\C(F)(F)F. The zero-order chi connectivity index (χ0) is 36.8. The molecule has 0 bridgehead atoms. The lowest BCUT2D eigenvalue weighted by Crippen LogP contribution is -2.48. The van der Waals surface area contributed by atoms with Crippen LogP contribution in [0.3, 0.4) is 0 Å². The molecular formula is C34H31ClF6N6O2S2. The lowest BCUT2D eigenvalue weighted by Gasteiger charge is -2.27. The second kappa shape index (κ2) is 16.5. The number of nitrogens with one attached hydrogen (secondary N) is 1. The Morgan fingerprint density at radius 2 is 1.43 bits per heavy atom. The number of aliphatic imine (C=N–C) groups is 3. The van der Waals surface area contributed by atoms with Crippen molar-refractivity contribution in [2.75, 3.05) is 4.90 Å². The van der Waals surface area contributed by atoms with Crippen molar-refractivity contribution in [1.29, 1.82) is 0 Å². The van der Waals surface area contributed by atoms with Crippen LogP contribution in [-0.4, -0.2) is 56.9 Å². The van der Waals surface area contributed by atoms with E-state index in [1.807, 2.05) is 31.2 Å². The van der Waals surface area contributed by atoms with E-state index in [1.54, 1.807) is 36.4 Å². The minimum Gasteiger partial charge on any atom is -0.335 e. The van der Waals surface area contributed by atoms with Gasteiger partial charge in [-0.2, -0.15) is 9.98 Å². The molecule has 3 fully saturated rings. The Kier molecular flexibility index (Phi) is 12.4. The minimum atomic E-state index is -5.10. The average Bonchev–Trinajstić information content (AvgIpc) is 3.55. The minimum absolute atomic E-state index is 0.0446. The Morgan fingerprint density at radius 1 is 0.843 bits per heavy atom. The molecule has 0 radical (unpaired) electrons. The van der Waals surface area contributed by atoms with E-state index in [1.165, 1.54) is 47.3 Å². The first kappa shape index (κ1) is 38.2. The number of urea groups is 1. The Morgan fingerprint density at radius 3 is 2.02 bits per heavy atom. The van der Waals surface area contributed by atoms with Gasteiger partial charge >= 0.3 is 18.6 Å². The van der Waals surface area contributed by atoms with Gasteiger partial charge in [0.05, 0.1) is 17.0 Å². The number of benzene rings is 3. The first-order chi connectivity index (χ1) is 24.2. The number of amides is 3. The first-order valence-electron chi connectivity index (χ1n) is 15.7. The third-order valence-electron chi connectivity index (χ3n) is 7.86. The van der Waals surface area contributed by atoms with Gasteiger partial charge in [-0.25, -0.2) is 9.79 Å². The summed E-state index contributed by atoms with van der Waals surface area (Å²) in [5.41, 5.74) is 1.54. The molecule has 1 N–H and O–H groups in total. The van der Waals surface area contributed by atoms with Crippen molar-refractivity contribution in [3.8, 4) is 0 Å². The second-order valence-corrected chi connectivity index (χ2v) is 14.0. The van der Waals surface area contributed by atoms with Crippen molar-refractivity contribution in [3.05, 3.63) is 95.5 Å². The molecule has 0 aromatic heterocycles. The normalized spacial score (nSPS) is 22.4. The lowest BCUT2D eigenvalue weighted by atomic mass is 9.96. The maximum atomic E-state index is 13.0. The van der Waals surface area contributed by atoms with Gasteiger partial charge in [0, 0.05) is 16.8 Å². The van der Waals surface area contributed by atoms with Crippen LogP contribution in [0.25, 0.3) is 0 Å². The molecule has 0 spiro atoms. The van der Waals surface area contributed by atoms with E-state index in [9.17, 15) is 35.9 Å². The number of halogens is 7. The third-order valence-corrected chi connectivity index (χ3v) is 10.4. The number of imide groups is 1. The van der Waals surface area contributed by atoms with Crippen molar-refractivity contribution in [2.24, 2.45) is 15.0 Å². The second-order valence-electron chi connectivity index (χ2n) is 11.5. The fourth-order valence-electron chi connectivity index (χ4n) is 5.59. The van der Waals surface area contributed by atoms with Crippen LogP contribution in [0.2, 0.25) is 5.02 Å². The molecule has 2 heterocycles. The molecule has 1 saturated carbocycles. The van der Waals surface area contributed by atoms with Crippen LogP contribution in [0.4, 0.5) is 47.3 Å². The Balaban J connectivity index is 0.000000201. The van der Waals surface area contributed by atoms with Gasteiger partial charge in [0.25, 0.3) is 5.24 Å². The molecule has 1 aliphatic carbocycles. The fourth-order valence-corrected chi connectivity index (χ4v) is 7.89. The first-order valence-corrected chi connectivity index (χ1v) is 17.8. The summed E-state index contributed by atoms with van der Waals surface area (Å²) in [7, 11) is 0. The van der Waals surface area contributed by atoms with Crippen molar-refractivity contribution in [2.45, 2.75) is 69.0 Å². The van der Waals surface area contributed by atoms with Gasteiger partial charge in [0.1, 0.15) is 0 Å². The van der Waals surface area contributed by atoms with E-state index in [4.69, 9.17) is 11.6 Å². The number of carbonyl (C=O) groups is 2. The topological polar surface area (TPSA) is 89.7 Å². The Bertz CT molecular complexity index is 1770. The van der Waals surface area contributed by atoms with Crippen LogP contribution >= 0.6 is 35.1 Å². The number of para-hydroxylation sites is 2. The number of nitrogens with zero attached hydrogens (tertiary/aromatic N) is 5. The number of anilines is 1. The maximum Gasteiger partial charge on any atom is 0.505 e. The molecule has 3 aromatic rings. The molecule has 2 aliphatic heterocycles. The Hall–Kier alpha value is -4.02. The van der Waals surface area contributed by atoms with Gasteiger partial charge in [-0.1, -0.05) is 91.2 Å². The number of rotatable bonds is 4. The average molecular weight is 769 g/mol. The molecular weight excluding hydrogens is 738 g/mol. The summed E-state index contributed by atoms with van der Waals surface area (Å²) in [6.45, 7) is 1.93. The highest BCUT2D eigenvalue weighted by molar-refractivity contribution is 8.29. The smallest absolute Gasteiger partial charge is 0.335 e. The van der Waals surface area contributed by atoms with Crippen LogP contribution in [0.1, 0.15) is 49.8 Å². The molecule has 51 heavy (non-hydrogen) atoms. The number of carbonyl (C=O) groups excluding carboxylic acids is 2. The third kappa shape index (κ3) is 10.5. The van der Waals surface area contributed by atoms with Crippen LogP contribution in [0.15, 0.2) is 99.9 Å². The summed E-state index contributed by atoms with van der Waals surface area (Å²) in [4.78, 5) is 36.3. The molecule has 6 rings (SSSR count). The fraction of sp³-hybridized carbons (Fsp3) is 0.324. The zero-order valence-electron chi connectivity index (χ0n) is 26.9. The van der Waals surface area contributed by atoms with Crippen molar-refractivity contribution < 1.29 is 35.9 Å². The summed E-state index contributed by atoms with van der Waals surface area (Å²) < 4.78 is 77.3. The Labute approximate surface area is 303 Å². The number of hydrogen-bond donors (Lipinski definition) is 1. The van der Waals surface area contributed by atoms with Gasteiger partial charge in [-0.15, -0.1) is 26.3 Å². The monoisotopic (exact) mass is 768 g/mol. The maximum absolute atomic E-state index is 13.0. The summed E-state index contributed by atoms with van der Waals surface area (Å²) >= 11 is 7.50. The van der Waals surface area contributed by atoms with Crippen molar-refractivity contribution in [3.63, 3.8) is 0 Å². The standard InChI is InChI=1S/C17H21ClN2O2S.C17H10F6N4S/c1-11-15(12-7-9-13(18)10-8-12)23-17(22)20(11)16(21)19-14-5-3-2-4-6-14;18-16(19,20)25-13-14(26-17(21,22)23)28-15(24-11-7-3-1-4-8-11)27(13)12-9-5-2-6-10-12/h7-11,14-15H,2-6H2,1H3,(H,19,21);1-10H/b;24-15-,25-13+,26-14-/t11-,15+;/m0./s1. The summed E-state index contributed by atoms with van der Waals surface area (Å²) in [6.07, 6.45) is -4.62. The molecule has 2 atom stereocenters. The van der Waals surface area contributed by atoms with E-state index < -0.39 is 23.5 Å². The van der Waals surface area contributed by atoms with E-state index in [2.05, 4.69) is 20.3 Å². The number of alkyl halides is 6. The summed E-state index contributed by atoms with van der Waals surface area (Å²) in [6, 6.07) is 22.9. The predicted octanol–water partition coefficient (Wildman–Crippen LogP) is 10.7. The largest absolute Gasteiger partial charge is 0.505 e. The summed E-state index contributed by atoms with van der Waals surface area (Å²) in [5, 5.41) is 2.41. The summed E-state index contributed by atoms with van der Waals surface area (Å²) in [5.74, 6) is -0.990. The molecule has 3 amide bonds. The van der Waals surface area contributed by atoms with E-state index in [0.717, 1.165) is 36.1 Å². The molecule has 3 aromatic carbocycles. The van der Waals surface area contributed by atoms with E-state index in [0.29, 0.717) is 22.5 Å². The highest BCUT2D eigenvalue weighted by Gasteiger charge is 2.43. The number of amidine groups is 2. The lowest BCUT2D eigenvalue weighted by molar-refractivity contribution is -0.121. The number of thioether (sulfide) groups is 2.